The Hall–Kier alpha value is -5.09. The van der Waals surface area contributed by atoms with Crippen LogP contribution in [0, 0.1) is 0 Å². The Balaban J connectivity index is 3.97. The zero-order valence-electron chi connectivity index (χ0n) is 68.8. The minimum atomic E-state index is -1.63. The molecule has 0 N–H and O–H groups in total. The van der Waals surface area contributed by atoms with Crippen molar-refractivity contribution >= 4 is 17.9 Å². The van der Waals surface area contributed by atoms with E-state index in [0.717, 1.165) is 122 Å². The van der Waals surface area contributed by atoms with E-state index in [4.69, 9.17) is 18.9 Å². The van der Waals surface area contributed by atoms with Gasteiger partial charge in [0.05, 0.1) is 40.3 Å². The van der Waals surface area contributed by atoms with Gasteiger partial charge in [-0.25, -0.2) is 0 Å². The average Bonchev–Trinajstić information content (AvgIpc) is 1.97. The molecular weight excluding hydrogens is 1300 g/mol. The summed E-state index contributed by atoms with van der Waals surface area (Å²) in [6.07, 6.45) is 122. The van der Waals surface area contributed by atoms with Crippen molar-refractivity contribution in [1.82, 2.24) is 0 Å². The molecular formula is C96H163NO8. The van der Waals surface area contributed by atoms with E-state index >= 15 is 0 Å². The molecule has 0 fully saturated rings. The number of aliphatic carboxylic acids is 1. The van der Waals surface area contributed by atoms with Crippen LogP contribution in [0.3, 0.4) is 0 Å². The van der Waals surface area contributed by atoms with Gasteiger partial charge in [0.2, 0.25) is 0 Å². The molecule has 2 unspecified atom stereocenters. The Morgan fingerprint density at radius 2 is 0.514 bits per heavy atom. The fourth-order valence-electron chi connectivity index (χ4n) is 12.2. The first-order chi connectivity index (χ1) is 51.6. The van der Waals surface area contributed by atoms with Gasteiger partial charge in [-0.1, -0.05) is 397 Å². The Bertz CT molecular complexity index is 2300. The highest BCUT2D eigenvalue weighted by atomic mass is 16.7. The van der Waals surface area contributed by atoms with Crippen molar-refractivity contribution in [2.45, 2.75) is 386 Å². The van der Waals surface area contributed by atoms with Crippen LogP contribution in [-0.2, 0) is 33.3 Å². The predicted octanol–water partition coefficient (Wildman–Crippen LogP) is 27.4. The van der Waals surface area contributed by atoms with Crippen molar-refractivity contribution in [3.63, 3.8) is 0 Å². The van der Waals surface area contributed by atoms with Crippen LogP contribution >= 0.6 is 0 Å². The average molecular weight is 1460 g/mol. The number of esters is 2. The smallest absolute Gasteiger partial charge is 0.306 e. The number of carboxylic acids is 1. The van der Waals surface area contributed by atoms with E-state index < -0.39 is 24.3 Å². The Labute approximate surface area is 648 Å². The number of ether oxygens (including phenoxy) is 4. The summed E-state index contributed by atoms with van der Waals surface area (Å²) in [6.45, 7) is 4.55. The molecule has 0 saturated heterocycles. The highest BCUT2D eigenvalue weighted by Gasteiger charge is 2.22. The summed E-state index contributed by atoms with van der Waals surface area (Å²) >= 11 is 0. The molecule has 105 heavy (non-hydrogen) atoms. The van der Waals surface area contributed by atoms with Crippen molar-refractivity contribution < 1.29 is 42.9 Å². The van der Waals surface area contributed by atoms with Crippen LogP contribution in [0.2, 0.25) is 0 Å². The number of hydrogen-bond acceptors (Lipinski definition) is 8. The molecule has 0 radical (unpaired) electrons. The Kier molecular flexibility index (Phi) is 80.4. The van der Waals surface area contributed by atoms with Gasteiger partial charge in [-0.2, -0.15) is 0 Å². The summed E-state index contributed by atoms with van der Waals surface area (Å²) < 4.78 is 22.9. The molecule has 0 aliphatic rings. The van der Waals surface area contributed by atoms with Gasteiger partial charge < -0.3 is 33.3 Å². The minimum Gasteiger partial charge on any atom is -0.545 e. The van der Waals surface area contributed by atoms with Crippen LogP contribution < -0.4 is 5.11 Å². The fraction of sp³-hybridized carbons (Fsp3) is 0.698. The van der Waals surface area contributed by atoms with E-state index in [2.05, 4.69) is 172 Å². The number of hydrogen-bond donors (Lipinski definition) is 0. The minimum absolute atomic E-state index is 0.145. The molecule has 0 bridgehead atoms. The lowest BCUT2D eigenvalue weighted by Gasteiger charge is -2.26. The maximum Gasteiger partial charge on any atom is 0.306 e. The Morgan fingerprint density at radius 3 is 0.762 bits per heavy atom. The lowest BCUT2D eigenvalue weighted by atomic mass is 10.0. The van der Waals surface area contributed by atoms with Gasteiger partial charge in [-0.15, -0.1) is 0 Å². The van der Waals surface area contributed by atoms with Gasteiger partial charge >= 0.3 is 11.9 Å². The number of allylic oxidation sites excluding steroid dienone is 26. The van der Waals surface area contributed by atoms with Crippen LogP contribution in [0.4, 0.5) is 0 Å². The molecule has 9 heteroatoms. The first-order valence-corrected chi connectivity index (χ1v) is 43.6. The SMILES string of the molecule is CC/C=C\C/C=C\C/C=C\C/C=C\C/C=C\C/C=C\C/C=C\CCCCCCCCCCCCCCCCCCCC(=O)OC(COC(=O)CCCCCCCCCCCCCCCCCCCCCCCC/C=C\C/C=C\C/C=C\C/C=C\C/C=C\C/C=C\CC)COC(OCC[N+](C)(C)C)C(=O)[O-]. The standard InChI is InChI=1S/C96H163NO8/c1-6-8-10-12-14-16-18-20-22-24-26-28-30-32-34-36-38-40-42-44-46-47-49-50-52-54-56-58-60-62-64-66-68-70-72-74-76-78-80-82-84-86-93(98)103-90-92(91-104-96(95(100)101)102-89-88-97(3,4)5)105-94(99)87-85-83-81-79-77-75-73-71-69-67-65-63-61-59-57-55-53-51-48-45-43-41-39-37-35-33-31-29-27-25-23-21-19-17-15-13-11-9-7-2/h8-11,14-17,20-23,26-29,32-35,38-41,45,48,92,96H,6-7,12-13,18-19,24-25,30-31,36-37,42-44,46-47,49-91H2,1-5H3/b10-8-,11-9-,16-14-,17-15-,22-20-,23-21-,28-26-,29-27-,34-32-,35-33-,40-38-,41-39-,48-45-. The number of nitrogens with zero attached hydrogens (tertiary/aromatic N) is 1. The third kappa shape index (κ3) is 86.0. The maximum absolute atomic E-state index is 13.0. The number of carbonyl (C=O) groups is 3. The summed E-state index contributed by atoms with van der Waals surface area (Å²) in [5, 5.41) is 11.9. The summed E-state index contributed by atoms with van der Waals surface area (Å²) in [4.78, 5) is 37.7. The fourth-order valence-corrected chi connectivity index (χ4v) is 12.2. The van der Waals surface area contributed by atoms with Crippen LogP contribution in [0.15, 0.2) is 158 Å². The monoisotopic (exact) mass is 1460 g/mol. The lowest BCUT2D eigenvalue weighted by molar-refractivity contribution is -0.870. The molecule has 0 aliphatic carbocycles. The molecule has 600 valence electrons. The van der Waals surface area contributed by atoms with Gasteiger partial charge in [0.25, 0.3) is 0 Å². The van der Waals surface area contributed by atoms with Crippen molar-refractivity contribution in [3.05, 3.63) is 158 Å². The van der Waals surface area contributed by atoms with Crippen LogP contribution in [0.1, 0.15) is 373 Å². The van der Waals surface area contributed by atoms with E-state index in [1.54, 1.807) is 0 Å². The van der Waals surface area contributed by atoms with Gasteiger partial charge in [-0.05, 0) is 122 Å². The molecule has 0 aromatic rings. The number of likely N-dealkylation sites (N-methyl/N-ethyl adjacent to an activating group) is 1. The number of unbranched alkanes of at least 4 members (excludes halogenated alkanes) is 39. The highest BCUT2D eigenvalue weighted by molar-refractivity contribution is 5.70. The summed E-state index contributed by atoms with van der Waals surface area (Å²) in [6, 6.07) is 0. The molecule has 0 aliphatic heterocycles. The summed E-state index contributed by atoms with van der Waals surface area (Å²) in [5.41, 5.74) is 0. The molecule has 0 amide bonds. The molecule has 0 spiro atoms. The zero-order chi connectivity index (χ0) is 76.0. The van der Waals surface area contributed by atoms with Gasteiger partial charge in [0, 0.05) is 12.8 Å². The zero-order valence-corrected chi connectivity index (χ0v) is 68.8. The molecule has 0 aromatic carbocycles. The van der Waals surface area contributed by atoms with Crippen LogP contribution in [0.25, 0.3) is 0 Å². The largest absolute Gasteiger partial charge is 0.545 e. The molecule has 9 nitrogen and oxygen atoms in total. The number of carboxylic acid groups (broad SMARTS) is 1. The molecule has 0 heterocycles. The molecule has 0 saturated carbocycles. The Morgan fingerprint density at radius 1 is 0.286 bits per heavy atom. The van der Waals surface area contributed by atoms with E-state index in [1.807, 2.05) is 21.1 Å². The predicted molar refractivity (Wildman–Crippen MR) is 453 cm³/mol. The topological polar surface area (TPSA) is 111 Å². The second-order valence-electron chi connectivity index (χ2n) is 30.1. The number of quaternary nitrogens is 1. The van der Waals surface area contributed by atoms with Crippen LogP contribution in [0.5, 0.6) is 0 Å². The van der Waals surface area contributed by atoms with Crippen molar-refractivity contribution in [2.24, 2.45) is 0 Å². The third-order valence-electron chi connectivity index (χ3n) is 18.8. The van der Waals surface area contributed by atoms with E-state index in [1.165, 1.54) is 218 Å². The number of rotatable bonds is 80. The second kappa shape index (κ2) is 84.5. The normalized spacial score (nSPS) is 13.4. The van der Waals surface area contributed by atoms with Gasteiger partial charge in [0.15, 0.2) is 12.4 Å². The molecule has 0 aromatic heterocycles. The van der Waals surface area contributed by atoms with E-state index in [-0.39, 0.29) is 32.2 Å². The lowest BCUT2D eigenvalue weighted by Crippen LogP contribution is -2.44. The third-order valence-corrected chi connectivity index (χ3v) is 18.8. The first-order valence-electron chi connectivity index (χ1n) is 43.6. The second-order valence-corrected chi connectivity index (χ2v) is 30.1. The van der Waals surface area contributed by atoms with Crippen molar-refractivity contribution in [3.8, 4) is 0 Å². The van der Waals surface area contributed by atoms with E-state index in [0.29, 0.717) is 23.9 Å². The highest BCUT2D eigenvalue weighted by Crippen LogP contribution is 2.19. The molecule has 2 atom stereocenters. The first kappa shape index (κ1) is 99.9. The van der Waals surface area contributed by atoms with Crippen molar-refractivity contribution in [2.75, 3.05) is 47.5 Å². The quantitative estimate of drug-likeness (QED) is 0.0195. The van der Waals surface area contributed by atoms with Gasteiger partial charge in [0.1, 0.15) is 13.2 Å². The van der Waals surface area contributed by atoms with E-state index in [9.17, 15) is 19.5 Å². The maximum atomic E-state index is 13.0. The van der Waals surface area contributed by atoms with Crippen LogP contribution in [-0.4, -0.2) is 82.3 Å². The van der Waals surface area contributed by atoms with Crippen molar-refractivity contribution in [1.29, 1.82) is 0 Å². The summed E-state index contributed by atoms with van der Waals surface area (Å²) in [5.74, 6) is -2.27. The van der Waals surface area contributed by atoms with Gasteiger partial charge in [-0.3, -0.25) is 9.59 Å². The molecule has 0 rings (SSSR count). The summed E-state index contributed by atoms with van der Waals surface area (Å²) in [7, 11) is 5.94. The number of carbonyl (C=O) groups excluding carboxylic acids is 3.